The lowest BCUT2D eigenvalue weighted by Crippen LogP contribution is -2.35. The van der Waals surface area contributed by atoms with Gasteiger partial charge in [0.1, 0.15) is 5.82 Å². The van der Waals surface area contributed by atoms with E-state index in [4.69, 9.17) is 4.98 Å². The number of imidazole rings is 1. The number of para-hydroxylation sites is 2. The minimum atomic E-state index is 0.278. The van der Waals surface area contributed by atoms with Crippen molar-refractivity contribution in [2.75, 3.05) is 19.6 Å². The standard InChI is InChI=1S/C17H26N4/c1-4-21(14-9-10-14)12-11-18-13(2)17-19-15-7-5-6-8-16(15)20(17)3/h5-8,13-14,18H,4,9-12H2,1-3H3. The van der Waals surface area contributed by atoms with Gasteiger partial charge in [-0.2, -0.15) is 0 Å². The van der Waals surface area contributed by atoms with Crippen molar-refractivity contribution in [3.8, 4) is 0 Å². The summed E-state index contributed by atoms with van der Waals surface area (Å²) in [5.74, 6) is 1.12. The molecular weight excluding hydrogens is 260 g/mol. The number of nitrogens with zero attached hydrogens (tertiary/aromatic N) is 3. The van der Waals surface area contributed by atoms with Crippen molar-refractivity contribution >= 4 is 11.0 Å². The molecule has 1 heterocycles. The zero-order valence-corrected chi connectivity index (χ0v) is 13.3. The first-order valence-electron chi connectivity index (χ1n) is 8.09. The number of aromatic nitrogens is 2. The van der Waals surface area contributed by atoms with E-state index in [1.165, 1.54) is 18.4 Å². The summed E-state index contributed by atoms with van der Waals surface area (Å²) in [7, 11) is 2.10. The molecule has 21 heavy (non-hydrogen) atoms. The summed E-state index contributed by atoms with van der Waals surface area (Å²) >= 11 is 0. The Morgan fingerprint density at radius 3 is 2.81 bits per heavy atom. The van der Waals surface area contributed by atoms with Gasteiger partial charge in [-0.25, -0.2) is 4.98 Å². The van der Waals surface area contributed by atoms with Crippen LogP contribution < -0.4 is 5.32 Å². The molecule has 1 fully saturated rings. The van der Waals surface area contributed by atoms with Crippen molar-refractivity contribution in [3.63, 3.8) is 0 Å². The summed E-state index contributed by atoms with van der Waals surface area (Å²) < 4.78 is 2.20. The lowest BCUT2D eigenvalue weighted by molar-refractivity contribution is 0.272. The SMILES string of the molecule is CCN(CCNC(C)c1nc2ccccc2n1C)C1CC1. The number of likely N-dealkylation sites (N-methyl/N-ethyl adjacent to an activating group) is 1. The number of nitrogens with one attached hydrogen (secondary N) is 1. The topological polar surface area (TPSA) is 33.1 Å². The molecule has 1 unspecified atom stereocenters. The van der Waals surface area contributed by atoms with Crippen LogP contribution in [-0.4, -0.2) is 40.1 Å². The molecule has 1 aromatic carbocycles. The van der Waals surface area contributed by atoms with E-state index in [1.807, 2.05) is 6.07 Å². The monoisotopic (exact) mass is 286 g/mol. The Labute approximate surface area is 127 Å². The predicted molar refractivity (Wildman–Crippen MR) is 87.4 cm³/mol. The zero-order valence-electron chi connectivity index (χ0n) is 13.3. The van der Waals surface area contributed by atoms with Gasteiger partial charge in [-0.1, -0.05) is 19.1 Å². The minimum Gasteiger partial charge on any atom is -0.330 e. The lowest BCUT2D eigenvalue weighted by Gasteiger charge is -2.21. The second-order valence-corrected chi connectivity index (χ2v) is 6.05. The number of hydrogen-bond donors (Lipinski definition) is 1. The molecule has 1 aliphatic rings. The van der Waals surface area contributed by atoms with Gasteiger partial charge in [-0.05, 0) is 38.4 Å². The van der Waals surface area contributed by atoms with Gasteiger partial charge in [0.15, 0.2) is 0 Å². The second-order valence-electron chi connectivity index (χ2n) is 6.05. The average molecular weight is 286 g/mol. The Morgan fingerprint density at radius 2 is 2.14 bits per heavy atom. The highest BCUT2D eigenvalue weighted by atomic mass is 15.2. The molecule has 1 aliphatic carbocycles. The summed E-state index contributed by atoms with van der Waals surface area (Å²) in [4.78, 5) is 7.34. The van der Waals surface area contributed by atoms with Crippen molar-refractivity contribution in [3.05, 3.63) is 30.1 Å². The Morgan fingerprint density at radius 1 is 1.38 bits per heavy atom. The van der Waals surface area contributed by atoms with Crippen molar-refractivity contribution < 1.29 is 0 Å². The number of fused-ring (bicyclic) bond motifs is 1. The van der Waals surface area contributed by atoms with E-state index in [0.29, 0.717) is 0 Å². The van der Waals surface area contributed by atoms with Gasteiger partial charge in [0.2, 0.25) is 0 Å². The van der Waals surface area contributed by atoms with Crippen molar-refractivity contribution in [1.29, 1.82) is 0 Å². The van der Waals surface area contributed by atoms with Gasteiger partial charge in [-0.3, -0.25) is 4.90 Å². The Hall–Kier alpha value is -1.39. The molecule has 0 spiro atoms. The zero-order chi connectivity index (χ0) is 14.8. The maximum Gasteiger partial charge on any atom is 0.126 e. The number of aryl methyl sites for hydroxylation is 1. The number of benzene rings is 1. The maximum atomic E-state index is 4.76. The molecule has 4 heteroatoms. The first kappa shape index (κ1) is 14.5. The van der Waals surface area contributed by atoms with Crippen LogP contribution in [0.2, 0.25) is 0 Å². The Balaban J connectivity index is 1.61. The molecule has 0 radical (unpaired) electrons. The normalized spacial score (nSPS) is 16.8. The summed E-state index contributed by atoms with van der Waals surface area (Å²) in [6, 6.07) is 9.46. The van der Waals surface area contributed by atoms with Crippen LogP contribution in [0.15, 0.2) is 24.3 Å². The summed E-state index contributed by atoms with van der Waals surface area (Å²) in [5, 5.41) is 3.62. The van der Waals surface area contributed by atoms with Gasteiger partial charge in [0, 0.05) is 26.2 Å². The molecular formula is C17H26N4. The van der Waals surface area contributed by atoms with Crippen LogP contribution in [0.4, 0.5) is 0 Å². The molecule has 0 saturated heterocycles. The molecule has 114 valence electrons. The summed E-state index contributed by atoms with van der Waals surface area (Å²) in [5.41, 5.74) is 2.28. The van der Waals surface area contributed by atoms with E-state index in [1.54, 1.807) is 0 Å². The quantitative estimate of drug-likeness (QED) is 0.849. The maximum absolute atomic E-state index is 4.76. The Kier molecular flexibility index (Phi) is 4.27. The van der Waals surface area contributed by atoms with Crippen LogP contribution in [-0.2, 0) is 7.05 Å². The fraction of sp³-hybridized carbons (Fsp3) is 0.588. The number of hydrogen-bond acceptors (Lipinski definition) is 3. The molecule has 4 nitrogen and oxygen atoms in total. The average Bonchev–Trinajstić information content (AvgIpc) is 3.28. The fourth-order valence-electron chi connectivity index (χ4n) is 3.11. The van der Waals surface area contributed by atoms with E-state index >= 15 is 0 Å². The van der Waals surface area contributed by atoms with E-state index in [0.717, 1.165) is 37.0 Å². The molecule has 0 bridgehead atoms. The van der Waals surface area contributed by atoms with Crippen molar-refractivity contribution in [2.45, 2.75) is 38.8 Å². The third kappa shape index (κ3) is 3.11. The van der Waals surface area contributed by atoms with E-state index in [2.05, 4.69) is 53.9 Å². The highest BCUT2D eigenvalue weighted by molar-refractivity contribution is 5.75. The van der Waals surface area contributed by atoms with Crippen molar-refractivity contribution in [1.82, 2.24) is 19.8 Å². The second kappa shape index (κ2) is 6.16. The van der Waals surface area contributed by atoms with Gasteiger partial charge in [-0.15, -0.1) is 0 Å². The molecule has 1 aromatic heterocycles. The van der Waals surface area contributed by atoms with E-state index in [-0.39, 0.29) is 6.04 Å². The largest absolute Gasteiger partial charge is 0.330 e. The van der Waals surface area contributed by atoms with Gasteiger partial charge < -0.3 is 9.88 Å². The van der Waals surface area contributed by atoms with E-state index < -0.39 is 0 Å². The third-order valence-corrected chi connectivity index (χ3v) is 4.53. The molecule has 3 rings (SSSR count). The smallest absolute Gasteiger partial charge is 0.126 e. The highest BCUT2D eigenvalue weighted by Crippen LogP contribution is 2.26. The van der Waals surface area contributed by atoms with Crippen LogP contribution in [0.3, 0.4) is 0 Å². The molecule has 1 N–H and O–H groups in total. The van der Waals surface area contributed by atoms with Crippen LogP contribution in [0.5, 0.6) is 0 Å². The third-order valence-electron chi connectivity index (χ3n) is 4.53. The van der Waals surface area contributed by atoms with Crippen LogP contribution in [0.1, 0.15) is 38.6 Å². The Bertz CT molecular complexity index is 600. The molecule has 0 amide bonds. The van der Waals surface area contributed by atoms with Crippen LogP contribution >= 0.6 is 0 Å². The summed E-state index contributed by atoms with van der Waals surface area (Å²) in [6.45, 7) is 7.78. The van der Waals surface area contributed by atoms with Gasteiger partial charge in [0.25, 0.3) is 0 Å². The summed E-state index contributed by atoms with van der Waals surface area (Å²) in [6.07, 6.45) is 2.77. The molecule has 1 saturated carbocycles. The first-order valence-corrected chi connectivity index (χ1v) is 8.09. The lowest BCUT2D eigenvalue weighted by atomic mass is 10.3. The van der Waals surface area contributed by atoms with E-state index in [9.17, 15) is 0 Å². The highest BCUT2D eigenvalue weighted by Gasteiger charge is 2.27. The first-order chi connectivity index (χ1) is 10.2. The van der Waals surface area contributed by atoms with Crippen LogP contribution in [0.25, 0.3) is 11.0 Å². The molecule has 0 aliphatic heterocycles. The van der Waals surface area contributed by atoms with Gasteiger partial charge >= 0.3 is 0 Å². The van der Waals surface area contributed by atoms with Gasteiger partial charge in [0.05, 0.1) is 17.1 Å². The fourth-order valence-corrected chi connectivity index (χ4v) is 3.11. The molecule has 2 aromatic rings. The minimum absolute atomic E-state index is 0.278. The molecule has 1 atom stereocenters. The predicted octanol–water partition coefficient (Wildman–Crippen LogP) is 2.71. The number of rotatable bonds is 7. The van der Waals surface area contributed by atoms with Crippen molar-refractivity contribution in [2.24, 2.45) is 7.05 Å². The van der Waals surface area contributed by atoms with Crippen LogP contribution in [0, 0.1) is 0 Å².